The number of hydrogen-bond donors (Lipinski definition) is 2. The highest BCUT2D eigenvalue weighted by atomic mass is 19.1. The fourth-order valence-corrected chi connectivity index (χ4v) is 4.64. The lowest BCUT2D eigenvalue weighted by Crippen LogP contribution is -2.28. The molecule has 0 aliphatic carbocycles. The highest BCUT2D eigenvalue weighted by Gasteiger charge is 2.14. The molecule has 0 atom stereocenters. The Kier molecular flexibility index (Phi) is 7.79. The second kappa shape index (κ2) is 11.6. The number of benzene rings is 2. The first-order valence-corrected chi connectivity index (χ1v) is 12.9. The van der Waals surface area contributed by atoms with Crippen molar-refractivity contribution in [2.45, 2.75) is 26.2 Å². The lowest BCUT2D eigenvalue weighted by atomic mass is 10.0. The van der Waals surface area contributed by atoms with E-state index in [0.29, 0.717) is 40.4 Å². The third-order valence-electron chi connectivity index (χ3n) is 6.68. The van der Waals surface area contributed by atoms with Crippen LogP contribution in [0.1, 0.15) is 35.2 Å². The molecule has 2 aromatic heterocycles. The van der Waals surface area contributed by atoms with Crippen LogP contribution in [0.3, 0.4) is 0 Å². The van der Waals surface area contributed by atoms with E-state index in [2.05, 4.69) is 20.2 Å². The summed E-state index contributed by atoms with van der Waals surface area (Å²) in [7, 11) is 0. The molecule has 0 radical (unpaired) electrons. The number of hydrogen-bond acceptors (Lipinski definition) is 4. The number of aryl methyl sites for hydroxylation is 1. The van der Waals surface area contributed by atoms with Gasteiger partial charge >= 0.3 is 0 Å². The molecular weight excluding hydrogens is 486 g/mol. The third-order valence-corrected chi connectivity index (χ3v) is 6.68. The lowest BCUT2D eigenvalue weighted by Gasteiger charge is -2.14. The predicted octanol–water partition coefficient (Wildman–Crippen LogP) is 6.34. The Hall–Kier alpha value is -4.04. The molecule has 1 amide bonds. The van der Waals surface area contributed by atoms with Gasteiger partial charge in [-0.05, 0) is 87.8 Å². The lowest BCUT2D eigenvalue weighted by molar-refractivity contribution is 0.0952. The van der Waals surface area contributed by atoms with Crippen LogP contribution in [-0.2, 0) is 0 Å². The number of pyridine rings is 1. The molecule has 0 bridgehead atoms. The van der Waals surface area contributed by atoms with Crippen molar-refractivity contribution in [2.24, 2.45) is 0 Å². The maximum Gasteiger partial charge on any atom is 0.252 e. The number of amides is 1. The van der Waals surface area contributed by atoms with E-state index in [1.54, 1.807) is 42.7 Å². The average Bonchev–Trinajstić information content (AvgIpc) is 3.62. The van der Waals surface area contributed by atoms with Crippen molar-refractivity contribution in [1.82, 2.24) is 20.2 Å². The quantitative estimate of drug-likeness (QED) is 0.255. The Bertz CT molecular complexity index is 1430. The van der Waals surface area contributed by atoms with Crippen LogP contribution in [0.15, 0.2) is 67.0 Å². The highest BCUT2D eigenvalue weighted by Crippen LogP contribution is 2.32. The van der Waals surface area contributed by atoms with Gasteiger partial charge in [-0.15, -0.1) is 0 Å². The minimum absolute atomic E-state index is 0.0268. The van der Waals surface area contributed by atoms with Gasteiger partial charge in [-0.1, -0.05) is 17.7 Å². The molecule has 1 aliphatic heterocycles. The first-order chi connectivity index (χ1) is 18.5. The molecule has 2 aromatic carbocycles. The number of nitrogens with one attached hydrogen (secondary N) is 2. The summed E-state index contributed by atoms with van der Waals surface area (Å²) in [4.78, 5) is 22.4. The van der Waals surface area contributed by atoms with E-state index in [0.717, 1.165) is 31.6 Å². The number of ether oxygens (including phenoxy) is 1. The van der Waals surface area contributed by atoms with E-state index in [-0.39, 0.29) is 11.7 Å². The zero-order chi connectivity index (χ0) is 26.5. The topological polar surface area (TPSA) is 70.2 Å². The summed E-state index contributed by atoms with van der Waals surface area (Å²) >= 11 is 0. The Morgan fingerprint density at radius 3 is 2.71 bits per heavy atom. The molecule has 4 aromatic rings. The summed E-state index contributed by atoms with van der Waals surface area (Å²) < 4.78 is 34.8. The number of aromatic amines is 1. The number of aromatic nitrogens is 2. The zero-order valence-electron chi connectivity index (χ0n) is 21.3. The van der Waals surface area contributed by atoms with Crippen molar-refractivity contribution in [3.63, 3.8) is 0 Å². The molecule has 0 unspecified atom stereocenters. The maximum absolute atomic E-state index is 14.6. The number of nitrogens with zero attached hydrogens (tertiary/aromatic N) is 2. The fourth-order valence-electron chi connectivity index (χ4n) is 4.64. The van der Waals surface area contributed by atoms with Crippen LogP contribution >= 0.6 is 0 Å². The summed E-state index contributed by atoms with van der Waals surface area (Å²) in [5, 5.41) is 2.97. The Morgan fingerprint density at radius 1 is 1.05 bits per heavy atom. The van der Waals surface area contributed by atoms with E-state index in [1.165, 1.54) is 37.1 Å². The van der Waals surface area contributed by atoms with Crippen molar-refractivity contribution < 1.29 is 18.3 Å². The largest absolute Gasteiger partial charge is 0.454 e. The van der Waals surface area contributed by atoms with Gasteiger partial charge in [0.25, 0.3) is 5.91 Å². The number of carbonyl (C=O) groups is 1. The van der Waals surface area contributed by atoms with Crippen LogP contribution < -0.4 is 10.1 Å². The molecule has 196 valence electrons. The number of rotatable bonds is 9. The van der Waals surface area contributed by atoms with Crippen molar-refractivity contribution in [2.75, 3.05) is 26.2 Å². The van der Waals surface area contributed by atoms with E-state index in [4.69, 9.17) is 4.74 Å². The first-order valence-electron chi connectivity index (χ1n) is 12.9. The standard InChI is InChI=1S/C30H30F2N4O2/c1-20-5-7-25(31)24(15-20)21-6-8-26(32)29(17-21)38-23-9-11-33-28(18-23)27-16-22(19-35-27)30(37)34-10-4-14-36-12-2-3-13-36/h5-9,11,15-19,35H,2-4,10,12-14H2,1H3,(H,34,37). The summed E-state index contributed by atoms with van der Waals surface area (Å²) in [6.45, 7) is 5.78. The summed E-state index contributed by atoms with van der Waals surface area (Å²) in [6.07, 6.45) is 6.62. The second-order valence-corrected chi connectivity index (χ2v) is 9.57. The van der Waals surface area contributed by atoms with E-state index >= 15 is 0 Å². The van der Waals surface area contributed by atoms with E-state index < -0.39 is 11.6 Å². The third kappa shape index (κ3) is 6.08. The molecule has 0 spiro atoms. The molecule has 38 heavy (non-hydrogen) atoms. The van der Waals surface area contributed by atoms with Crippen molar-refractivity contribution in [1.29, 1.82) is 0 Å². The van der Waals surface area contributed by atoms with Gasteiger partial charge in [0.15, 0.2) is 11.6 Å². The molecule has 8 heteroatoms. The normalized spacial score (nSPS) is 13.6. The summed E-state index contributed by atoms with van der Waals surface area (Å²) in [5.41, 5.74) is 3.46. The van der Waals surface area contributed by atoms with Crippen molar-refractivity contribution >= 4 is 5.91 Å². The number of halogens is 2. The molecule has 5 rings (SSSR count). The molecule has 1 saturated heterocycles. The maximum atomic E-state index is 14.6. The molecule has 6 nitrogen and oxygen atoms in total. The van der Waals surface area contributed by atoms with Gasteiger partial charge in [-0.2, -0.15) is 0 Å². The second-order valence-electron chi connectivity index (χ2n) is 9.57. The molecule has 3 heterocycles. The first kappa shape index (κ1) is 25.6. The minimum atomic E-state index is -0.566. The number of carbonyl (C=O) groups excluding carboxylic acids is 1. The average molecular weight is 517 g/mol. The minimum Gasteiger partial charge on any atom is -0.454 e. The van der Waals surface area contributed by atoms with Crippen LogP contribution in [0.5, 0.6) is 11.5 Å². The van der Waals surface area contributed by atoms with Crippen LogP contribution in [0.25, 0.3) is 22.5 Å². The van der Waals surface area contributed by atoms with Gasteiger partial charge in [-0.3, -0.25) is 9.78 Å². The van der Waals surface area contributed by atoms with Gasteiger partial charge in [0.05, 0.1) is 17.0 Å². The number of likely N-dealkylation sites (tertiary alicyclic amines) is 1. The highest BCUT2D eigenvalue weighted by molar-refractivity contribution is 5.95. The van der Waals surface area contributed by atoms with Crippen molar-refractivity contribution in [3.05, 3.63) is 89.8 Å². The molecular formula is C30H30F2N4O2. The number of H-pyrrole nitrogens is 1. The summed E-state index contributed by atoms with van der Waals surface area (Å²) in [5.74, 6) is -0.774. The van der Waals surface area contributed by atoms with Crippen LogP contribution in [0.2, 0.25) is 0 Å². The SMILES string of the molecule is Cc1ccc(F)c(-c2ccc(F)c(Oc3ccnc(-c4cc(C(=O)NCCCN5CCCC5)c[nH]4)c3)c2)c1. The fraction of sp³-hybridized carbons (Fsp3) is 0.267. The molecule has 0 saturated carbocycles. The van der Waals surface area contributed by atoms with Gasteiger partial charge < -0.3 is 19.9 Å². The Balaban J connectivity index is 1.25. The van der Waals surface area contributed by atoms with Gasteiger partial charge in [0.2, 0.25) is 0 Å². The predicted molar refractivity (Wildman–Crippen MR) is 143 cm³/mol. The molecule has 1 aliphatic rings. The van der Waals surface area contributed by atoms with Gasteiger partial charge in [0, 0.05) is 30.6 Å². The van der Waals surface area contributed by atoms with Crippen LogP contribution in [0.4, 0.5) is 8.78 Å². The van der Waals surface area contributed by atoms with Crippen LogP contribution in [0, 0.1) is 18.6 Å². The Morgan fingerprint density at radius 2 is 1.87 bits per heavy atom. The monoisotopic (exact) mass is 516 g/mol. The van der Waals surface area contributed by atoms with Crippen molar-refractivity contribution in [3.8, 4) is 34.0 Å². The molecule has 1 fully saturated rings. The van der Waals surface area contributed by atoms with Crippen LogP contribution in [-0.4, -0.2) is 47.0 Å². The Labute approximate surface area is 220 Å². The smallest absolute Gasteiger partial charge is 0.252 e. The summed E-state index contributed by atoms with van der Waals surface area (Å²) in [6, 6.07) is 14.0. The van der Waals surface area contributed by atoms with Gasteiger partial charge in [-0.25, -0.2) is 8.78 Å². The zero-order valence-corrected chi connectivity index (χ0v) is 21.3. The van der Waals surface area contributed by atoms with E-state index in [9.17, 15) is 13.6 Å². The van der Waals surface area contributed by atoms with Gasteiger partial charge in [0.1, 0.15) is 11.6 Å². The molecule has 2 N–H and O–H groups in total. The van der Waals surface area contributed by atoms with E-state index in [1.807, 2.05) is 6.92 Å².